The number of benzene rings is 6. The molecule has 6 aromatic carbocycles. The van der Waals surface area contributed by atoms with E-state index >= 15 is 0 Å². The second kappa shape index (κ2) is 8.25. The monoisotopic (exact) mass is 460 g/mol. The first-order chi connectivity index (χ1) is 17.7. The number of hydrogen-bond donors (Lipinski definition) is 0. The van der Waals surface area contributed by atoms with Gasteiger partial charge in [0.2, 0.25) is 0 Å². The summed E-state index contributed by atoms with van der Waals surface area (Å²) in [7, 11) is 0. The fourth-order valence-corrected chi connectivity index (χ4v) is 5.20. The highest BCUT2D eigenvalue weighted by Gasteiger charge is 2.12. The van der Waals surface area contributed by atoms with Crippen molar-refractivity contribution in [3.63, 3.8) is 0 Å². The van der Waals surface area contributed by atoms with Gasteiger partial charge in [0.15, 0.2) is 0 Å². The number of hydrogen-bond acceptors (Lipinski definition) is 1. The van der Waals surface area contributed by atoms with Crippen molar-refractivity contribution in [2.45, 2.75) is 6.92 Å². The molecular weight excluding hydrogens is 436 g/mol. The minimum atomic E-state index is 0.917. The van der Waals surface area contributed by atoms with E-state index in [-0.39, 0.29) is 0 Å². The van der Waals surface area contributed by atoms with Gasteiger partial charge in [0.05, 0.1) is 0 Å². The van der Waals surface area contributed by atoms with Crippen molar-refractivity contribution in [1.29, 1.82) is 0 Å². The van der Waals surface area contributed by atoms with Gasteiger partial charge in [0.25, 0.3) is 0 Å². The number of fused-ring (bicyclic) bond motifs is 4. The van der Waals surface area contributed by atoms with Crippen LogP contribution < -0.4 is 0 Å². The molecule has 0 radical (unpaired) electrons. The van der Waals surface area contributed by atoms with E-state index < -0.39 is 0 Å². The van der Waals surface area contributed by atoms with Gasteiger partial charge in [-0.2, -0.15) is 0 Å². The summed E-state index contributed by atoms with van der Waals surface area (Å²) < 4.78 is 6.21. The van der Waals surface area contributed by atoms with E-state index in [1.807, 2.05) is 0 Å². The van der Waals surface area contributed by atoms with Gasteiger partial charge in [-0.1, -0.05) is 109 Å². The van der Waals surface area contributed by atoms with E-state index in [2.05, 4.69) is 134 Å². The summed E-state index contributed by atoms with van der Waals surface area (Å²) in [5.41, 5.74) is 10.4. The van der Waals surface area contributed by atoms with Crippen LogP contribution in [0.2, 0.25) is 0 Å². The highest BCUT2D eigenvalue weighted by molar-refractivity contribution is 6.08. The average molecular weight is 461 g/mol. The molecule has 1 heteroatoms. The Morgan fingerprint density at radius 2 is 0.944 bits per heavy atom. The number of rotatable bonds is 3. The molecular formula is C35H24O. The van der Waals surface area contributed by atoms with Gasteiger partial charge in [-0.25, -0.2) is 0 Å². The molecule has 1 nitrogen and oxygen atoms in total. The number of aryl methyl sites for hydroxylation is 1. The van der Waals surface area contributed by atoms with Crippen LogP contribution in [0.15, 0.2) is 132 Å². The highest BCUT2D eigenvalue weighted by atomic mass is 16.3. The van der Waals surface area contributed by atoms with Crippen LogP contribution in [-0.4, -0.2) is 0 Å². The minimum absolute atomic E-state index is 0.917. The van der Waals surface area contributed by atoms with Crippen LogP contribution in [0.4, 0.5) is 0 Å². The van der Waals surface area contributed by atoms with E-state index in [1.165, 1.54) is 49.7 Å². The number of furan rings is 1. The molecule has 170 valence electrons. The van der Waals surface area contributed by atoms with Crippen molar-refractivity contribution < 1.29 is 4.42 Å². The summed E-state index contributed by atoms with van der Waals surface area (Å²) in [6, 6.07) is 45.6. The van der Waals surface area contributed by atoms with Gasteiger partial charge in [0.1, 0.15) is 11.2 Å². The third kappa shape index (κ3) is 3.49. The Bertz CT molecular complexity index is 1860. The Morgan fingerprint density at radius 3 is 1.67 bits per heavy atom. The van der Waals surface area contributed by atoms with Crippen LogP contribution in [0.25, 0.3) is 66.1 Å². The first kappa shape index (κ1) is 20.7. The van der Waals surface area contributed by atoms with Gasteiger partial charge in [-0.15, -0.1) is 0 Å². The summed E-state index contributed by atoms with van der Waals surface area (Å²) in [5.74, 6) is 0. The standard InChI is InChI=1S/C35H24O/c1-23-9-11-24(12-10-23)25-13-15-26(16-14-25)28-17-19-34-32(21-28)33-22-29(18-20-35(33)36-34)31-8-4-6-27-5-2-3-7-30(27)31/h2-22H,1H3. The molecule has 0 N–H and O–H groups in total. The first-order valence-electron chi connectivity index (χ1n) is 12.3. The third-order valence-electron chi connectivity index (χ3n) is 7.17. The maximum atomic E-state index is 6.21. The molecule has 0 spiro atoms. The molecule has 0 aliphatic carbocycles. The van der Waals surface area contributed by atoms with Crippen molar-refractivity contribution in [2.24, 2.45) is 0 Å². The molecule has 7 rings (SSSR count). The molecule has 0 bridgehead atoms. The summed E-state index contributed by atoms with van der Waals surface area (Å²) in [5, 5.41) is 4.81. The summed E-state index contributed by atoms with van der Waals surface area (Å²) in [6.45, 7) is 2.12. The van der Waals surface area contributed by atoms with Crippen molar-refractivity contribution in [3.05, 3.63) is 133 Å². The van der Waals surface area contributed by atoms with E-state index in [4.69, 9.17) is 4.42 Å². The molecule has 0 aliphatic heterocycles. The lowest BCUT2D eigenvalue weighted by Gasteiger charge is -2.07. The molecule has 0 atom stereocenters. The average Bonchev–Trinajstić information content (AvgIpc) is 3.30. The second-order valence-corrected chi connectivity index (χ2v) is 9.49. The smallest absolute Gasteiger partial charge is 0.135 e. The fraction of sp³-hybridized carbons (Fsp3) is 0.0286. The van der Waals surface area contributed by atoms with Gasteiger partial charge in [0, 0.05) is 10.8 Å². The third-order valence-corrected chi connectivity index (χ3v) is 7.17. The van der Waals surface area contributed by atoms with E-state index in [1.54, 1.807) is 0 Å². The first-order valence-corrected chi connectivity index (χ1v) is 12.3. The van der Waals surface area contributed by atoms with E-state index in [0.29, 0.717) is 0 Å². The van der Waals surface area contributed by atoms with Crippen molar-refractivity contribution in [1.82, 2.24) is 0 Å². The molecule has 0 saturated carbocycles. The van der Waals surface area contributed by atoms with Crippen LogP contribution >= 0.6 is 0 Å². The zero-order valence-electron chi connectivity index (χ0n) is 20.0. The van der Waals surface area contributed by atoms with Gasteiger partial charge < -0.3 is 4.42 Å². The maximum Gasteiger partial charge on any atom is 0.135 e. The normalized spacial score (nSPS) is 11.5. The predicted octanol–water partition coefficient (Wildman–Crippen LogP) is 10.0. The van der Waals surface area contributed by atoms with Gasteiger partial charge in [-0.05, 0) is 75.3 Å². The van der Waals surface area contributed by atoms with E-state index in [0.717, 1.165) is 21.9 Å². The van der Waals surface area contributed by atoms with Crippen LogP contribution in [-0.2, 0) is 0 Å². The SMILES string of the molecule is Cc1ccc(-c2ccc(-c3ccc4oc5ccc(-c6cccc7ccccc67)cc5c4c3)cc2)cc1. The zero-order valence-corrected chi connectivity index (χ0v) is 20.0. The molecule has 36 heavy (non-hydrogen) atoms. The maximum absolute atomic E-state index is 6.21. The highest BCUT2D eigenvalue weighted by Crippen LogP contribution is 2.37. The molecule has 1 aromatic heterocycles. The van der Waals surface area contributed by atoms with Gasteiger partial charge in [-0.3, -0.25) is 0 Å². The van der Waals surface area contributed by atoms with Crippen molar-refractivity contribution in [3.8, 4) is 33.4 Å². The Morgan fingerprint density at radius 1 is 0.417 bits per heavy atom. The van der Waals surface area contributed by atoms with Crippen LogP contribution in [0.5, 0.6) is 0 Å². The fourth-order valence-electron chi connectivity index (χ4n) is 5.20. The topological polar surface area (TPSA) is 13.1 Å². The lowest BCUT2D eigenvalue weighted by molar-refractivity contribution is 0.669. The van der Waals surface area contributed by atoms with Crippen LogP contribution in [0.1, 0.15) is 5.56 Å². The van der Waals surface area contributed by atoms with Crippen LogP contribution in [0.3, 0.4) is 0 Å². The van der Waals surface area contributed by atoms with Gasteiger partial charge >= 0.3 is 0 Å². The Hall–Kier alpha value is -4.62. The lowest BCUT2D eigenvalue weighted by atomic mass is 9.96. The molecule has 0 fully saturated rings. The quantitative estimate of drug-likeness (QED) is 0.256. The minimum Gasteiger partial charge on any atom is -0.456 e. The Kier molecular flexibility index (Phi) is 4.75. The van der Waals surface area contributed by atoms with Crippen LogP contribution in [0, 0.1) is 6.92 Å². The molecule has 0 aliphatic rings. The summed E-state index contributed by atoms with van der Waals surface area (Å²) in [4.78, 5) is 0. The molecule has 0 amide bonds. The molecule has 0 unspecified atom stereocenters. The molecule has 0 saturated heterocycles. The zero-order chi connectivity index (χ0) is 24.1. The van der Waals surface area contributed by atoms with Crippen molar-refractivity contribution >= 4 is 32.7 Å². The summed E-state index contributed by atoms with van der Waals surface area (Å²) >= 11 is 0. The summed E-state index contributed by atoms with van der Waals surface area (Å²) in [6.07, 6.45) is 0. The molecule has 7 aromatic rings. The Labute approximate surface area is 210 Å². The second-order valence-electron chi connectivity index (χ2n) is 9.49. The van der Waals surface area contributed by atoms with E-state index in [9.17, 15) is 0 Å². The van der Waals surface area contributed by atoms with Crippen molar-refractivity contribution in [2.75, 3.05) is 0 Å². The lowest BCUT2D eigenvalue weighted by Crippen LogP contribution is -1.82. The Balaban J connectivity index is 1.32. The predicted molar refractivity (Wildman–Crippen MR) is 152 cm³/mol. The molecule has 1 heterocycles. The largest absolute Gasteiger partial charge is 0.456 e.